The van der Waals surface area contributed by atoms with Crippen molar-refractivity contribution in [1.82, 2.24) is 9.97 Å². The fourth-order valence-corrected chi connectivity index (χ4v) is 1.68. The maximum atomic E-state index is 5.78. The highest BCUT2D eigenvalue weighted by atomic mass is 16.5. The second kappa shape index (κ2) is 5.49. The van der Waals surface area contributed by atoms with Gasteiger partial charge in [-0.1, -0.05) is 32.0 Å². The molecule has 0 saturated carbocycles. The molecule has 0 amide bonds. The molecule has 0 bridgehead atoms. The van der Waals surface area contributed by atoms with Crippen LogP contribution in [0.3, 0.4) is 0 Å². The van der Waals surface area contributed by atoms with Gasteiger partial charge in [-0.2, -0.15) is 0 Å². The van der Waals surface area contributed by atoms with E-state index in [1.807, 2.05) is 18.2 Å². The molecule has 2 aromatic rings. The second-order valence-corrected chi connectivity index (χ2v) is 4.41. The van der Waals surface area contributed by atoms with Gasteiger partial charge in [0.1, 0.15) is 18.2 Å². The number of aromatic nitrogens is 2. The van der Waals surface area contributed by atoms with Gasteiger partial charge in [-0.05, 0) is 17.5 Å². The van der Waals surface area contributed by atoms with Crippen molar-refractivity contribution in [1.29, 1.82) is 0 Å². The molecule has 2 N–H and O–H groups in total. The van der Waals surface area contributed by atoms with E-state index in [9.17, 15) is 0 Å². The zero-order valence-electron chi connectivity index (χ0n) is 10.6. The van der Waals surface area contributed by atoms with E-state index in [-0.39, 0.29) is 0 Å². The maximum Gasteiger partial charge on any atom is 0.141 e. The monoisotopic (exact) mass is 243 g/mol. The standard InChI is InChI=1S/C14H17N3O/c1-10(2)12-5-3-4-6-13(12)18-9-11-7-17-14(15)8-16-11/h3-8,10H,9H2,1-2H3,(H2,15,17). The normalized spacial score (nSPS) is 10.6. The molecule has 4 nitrogen and oxygen atoms in total. The van der Waals surface area contributed by atoms with Gasteiger partial charge in [0.05, 0.1) is 18.1 Å². The third kappa shape index (κ3) is 2.97. The lowest BCUT2D eigenvalue weighted by Crippen LogP contribution is -2.02. The van der Waals surface area contributed by atoms with Crippen LogP contribution in [-0.4, -0.2) is 9.97 Å². The largest absolute Gasteiger partial charge is 0.487 e. The minimum Gasteiger partial charge on any atom is -0.487 e. The van der Waals surface area contributed by atoms with Crippen LogP contribution in [0.5, 0.6) is 5.75 Å². The fraction of sp³-hybridized carbons (Fsp3) is 0.286. The first-order valence-corrected chi connectivity index (χ1v) is 5.95. The predicted octanol–water partition coefficient (Wildman–Crippen LogP) is 2.76. The Labute approximate surface area is 107 Å². The lowest BCUT2D eigenvalue weighted by atomic mass is 10.0. The highest BCUT2D eigenvalue weighted by molar-refractivity contribution is 5.35. The summed E-state index contributed by atoms with van der Waals surface area (Å²) in [5.41, 5.74) is 7.45. The summed E-state index contributed by atoms with van der Waals surface area (Å²) < 4.78 is 5.78. The van der Waals surface area contributed by atoms with Crippen molar-refractivity contribution in [3.8, 4) is 5.75 Å². The van der Waals surface area contributed by atoms with E-state index in [0.717, 1.165) is 11.4 Å². The molecule has 18 heavy (non-hydrogen) atoms. The average Bonchev–Trinajstić information content (AvgIpc) is 2.38. The highest BCUT2D eigenvalue weighted by Gasteiger charge is 2.07. The predicted molar refractivity (Wildman–Crippen MR) is 71.3 cm³/mol. The van der Waals surface area contributed by atoms with Gasteiger partial charge in [0.2, 0.25) is 0 Å². The van der Waals surface area contributed by atoms with E-state index in [2.05, 4.69) is 29.9 Å². The van der Waals surface area contributed by atoms with Gasteiger partial charge in [0.25, 0.3) is 0 Å². The van der Waals surface area contributed by atoms with Crippen molar-refractivity contribution < 1.29 is 4.74 Å². The summed E-state index contributed by atoms with van der Waals surface area (Å²) in [5.74, 6) is 1.74. The van der Waals surface area contributed by atoms with E-state index in [1.54, 1.807) is 6.20 Å². The summed E-state index contributed by atoms with van der Waals surface area (Å²) in [6.07, 6.45) is 3.17. The number of rotatable bonds is 4. The smallest absolute Gasteiger partial charge is 0.141 e. The van der Waals surface area contributed by atoms with E-state index < -0.39 is 0 Å². The molecule has 0 radical (unpaired) electrons. The molecule has 0 fully saturated rings. The Morgan fingerprint density at radius 1 is 1.17 bits per heavy atom. The minimum absolute atomic E-state index is 0.400. The summed E-state index contributed by atoms with van der Waals surface area (Å²) in [4.78, 5) is 8.14. The van der Waals surface area contributed by atoms with Crippen molar-refractivity contribution in [3.63, 3.8) is 0 Å². The number of para-hydroxylation sites is 1. The molecule has 0 aliphatic rings. The van der Waals surface area contributed by atoms with Gasteiger partial charge in [-0.3, -0.25) is 4.98 Å². The molecule has 0 spiro atoms. The number of ether oxygens (including phenoxy) is 1. The topological polar surface area (TPSA) is 61.0 Å². The summed E-state index contributed by atoms with van der Waals surface area (Å²) in [5, 5.41) is 0. The molecule has 1 aromatic heterocycles. The first-order chi connectivity index (χ1) is 8.66. The molecular weight excluding hydrogens is 226 g/mol. The van der Waals surface area contributed by atoms with Crippen LogP contribution in [0.4, 0.5) is 5.82 Å². The number of hydrogen-bond donors (Lipinski definition) is 1. The second-order valence-electron chi connectivity index (χ2n) is 4.41. The van der Waals surface area contributed by atoms with Crippen LogP contribution in [-0.2, 0) is 6.61 Å². The van der Waals surface area contributed by atoms with Crippen molar-refractivity contribution >= 4 is 5.82 Å². The Balaban J connectivity index is 2.08. The van der Waals surface area contributed by atoms with Crippen LogP contribution >= 0.6 is 0 Å². The Morgan fingerprint density at radius 3 is 2.61 bits per heavy atom. The van der Waals surface area contributed by atoms with E-state index in [1.165, 1.54) is 11.8 Å². The zero-order chi connectivity index (χ0) is 13.0. The van der Waals surface area contributed by atoms with Gasteiger partial charge in [0.15, 0.2) is 0 Å². The first-order valence-electron chi connectivity index (χ1n) is 5.95. The summed E-state index contributed by atoms with van der Waals surface area (Å²) in [6, 6.07) is 8.04. The Hall–Kier alpha value is -2.10. The van der Waals surface area contributed by atoms with Gasteiger partial charge >= 0.3 is 0 Å². The quantitative estimate of drug-likeness (QED) is 0.897. The molecule has 94 valence electrons. The van der Waals surface area contributed by atoms with Gasteiger partial charge < -0.3 is 10.5 Å². The third-order valence-corrected chi connectivity index (χ3v) is 2.64. The molecule has 2 rings (SSSR count). The van der Waals surface area contributed by atoms with Crippen LogP contribution in [0.25, 0.3) is 0 Å². The van der Waals surface area contributed by atoms with Crippen LogP contribution < -0.4 is 10.5 Å². The molecule has 0 unspecified atom stereocenters. The van der Waals surface area contributed by atoms with E-state index in [4.69, 9.17) is 10.5 Å². The molecule has 4 heteroatoms. The molecule has 0 saturated heterocycles. The average molecular weight is 243 g/mol. The Morgan fingerprint density at radius 2 is 1.94 bits per heavy atom. The maximum absolute atomic E-state index is 5.78. The number of hydrogen-bond acceptors (Lipinski definition) is 4. The summed E-state index contributed by atoms with van der Waals surface area (Å²) in [6.45, 7) is 4.69. The van der Waals surface area contributed by atoms with Crippen molar-refractivity contribution in [2.24, 2.45) is 0 Å². The molecule has 0 aliphatic heterocycles. The first kappa shape index (κ1) is 12.4. The van der Waals surface area contributed by atoms with Crippen LogP contribution in [0, 0.1) is 0 Å². The Bertz CT molecular complexity index is 509. The fourth-order valence-electron chi connectivity index (χ4n) is 1.68. The van der Waals surface area contributed by atoms with E-state index >= 15 is 0 Å². The molecule has 0 atom stereocenters. The minimum atomic E-state index is 0.400. The number of nitrogens with two attached hydrogens (primary N) is 1. The lowest BCUT2D eigenvalue weighted by Gasteiger charge is -2.13. The molecule has 1 heterocycles. The van der Waals surface area contributed by atoms with Gasteiger partial charge in [0, 0.05) is 0 Å². The summed E-state index contributed by atoms with van der Waals surface area (Å²) >= 11 is 0. The number of nitrogens with zero attached hydrogens (tertiary/aromatic N) is 2. The molecular formula is C14H17N3O. The number of anilines is 1. The molecule has 1 aromatic carbocycles. The summed E-state index contributed by atoms with van der Waals surface area (Å²) in [7, 11) is 0. The van der Waals surface area contributed by atoms with Crippen LogP contribution in [0.2, 0.25) is 0 Å². The van der Waals surface area contributed by atoms with E-state index in [0.29, 0.717) is 18.3 Å². The Kier molecular flexibility index (Phi) is 3.77. The SMILES string of the molecule is CC(C)c1ccccc1OCc1cnc(N)cn1. The van der Waals surface area contributed by atoms with Crippen LogP contribution in [0.15, 0.2) is 36.7 Å². The highest BCUT2D eigenvalue weighted by Crippen LogP contribution is 2.26. The van der Waals surface area contributed by atoms with Gasteiger partial charge in [-0.15, -0.1) is 0 Å². The van der Waals surface area contributed by atoms with Crippen molar-refractivity contribution in [2.75, 3.05) is 5.73 Å². The van der Waals surface area contributed by atoms with Crippen molar-refractivity contribution in [2.45, 2.75) is 26.4 Å². The number of nitrogen functional groups attached to an aromatic ring is 1. The lowest BCUT2D eigenvalue weighted by molar-refractivity contribution is 0.296. The molecule has 0 aliphatic carbocycles. The zero-order valence-corrected chi connectivity index (χ0v) is 10.6. The van der Waals surface area contributed by atoms with Crippen molar-refractivity contribution in [3.05, 3.63) is 47.9 Å². The number of benzene rings is 1. The van der Waals surface area contributed by atoms with Crippen LogP contribution in [0.1, 0.15) is 31.0 Å². The van der Waals surface area contributed by atoms with Gasteiger partial charge in [-0.25, -0.2) is 4.98 Å². The third-order valence-electron chi connectivity index (χ3n) is 2.64.